The molecule has 1 fully saturated rings. The molecule has 1 saturated heterocycles. The molecule has 4 nitrogen and oxygen atoms in total. The number of hydrogen-bond donors (Lipinski definition) is 1. The summed E-state index contributed by atoms with van der Waals surface area (Å²) in [5.41, 5.74) is 1.57. The second-order valence-corrected chi connectivity index (χ2v) is 6.12. The maximum absolute atomic E-state index is 12.9. The van der Waals surface area contributed by atoms with E-state index in [1.54, 1.807) is 0 Å². The standard InChI is InChI=1S/C20H22N2O2/c23-19-13-17(14-21-15-19)20(24)22-12-6-2-5-9-18(22)11-10-16-7-3-1-4-8-16/h1,3-4,7-8,10-11,13-15,18,23H,2,5-6,9,12H2/b11-10+. The van der Waals surface area contributed by atoms with Crippen molar-refractivity contribution < 1.29 is 9.90 Å². The van der Waals surface area contributed by atoms with Gasteiger partial charge in [-0.15, -0.1) is 0 Å². The van der Waals surface area contributed by atoms with Crippen LogP contribution < -0.4 is 0 Å². The third-order valence-electron chi connectivity index (χ3n) is 4.34. The summed E-state index contributed by atoms with van der Waals surface area (Å²) in [6.07, 6.45) is 11.3. The summed E-state index contributed by atoms with van der Waals surface area (Å²) >= 11 is 0. The van der Waals surface area contributed by atoms with Crippen molar-refractivity contribution in [1.82, 2.24) is 9.88 Å². The molecule has 1 unspecified atom stereocenters. The van der Waals surface area contributed by atoms with E-state index in [1.807, 2.05) is 23.1 Å². The molecule has 24 heavy (non-hydrogen) atoms. The summed E-state index contributed by atoms with van der Waals surface area (Å²) in [4.78, 5) is 18.7. The van der Waals surface area contributed by atoms with E-state index in [0.29, 0.717) is 5.56 Å². The number of rotatable bonds is 3. The maximum atomic E-state index is 12.9. The summed E-state index contributed by atoms with van der Waals surface area (Å²) < 4.78 is 0. The first-order chi connectivity index (χ1) is 11.7. The zero-order chi connectivity index (χ0) is 16.8. The molecule has 0 aliphatic carbocycles. The third kappa shape index (κ3) is 4.02. The summed E-state index contributed by atoms with van der Waals surface area (Å²) in [6, 6.07) is 11.7. The average molecular weight is 322 g/mol. The van der Waals surface area contributed by atoms with Crippen LogP contribution in [-0.4, -0.2) is 33.5 Å². The summed E-state index contributed by atoms with van der Waals surface area (Å²) in [6.45, 7) is 0.734. The zero-order valence-electron chi connectivity index (χ0n) is 13.6. The Morgan fingerprint density at radius 2 is 2.00 bits per heavy atom. The number of aromatic nitrogens is 1. The Kier molecular flexibility index (Phi) is 5.26. The van der Waals surface area contributed by atoms with Crippen molar-refractivity contribution in [2.75, 3.05) is 6.54 Å². The van der Waals surface area contributed by atoms with E-state index in [-0.39, 0.29) is 17.7 Å². The number of pyridine rings is 1. The highest BCUT2D eigenvalue weighted by atomic mass is 16.3. The van der Waals surface area contributed by atoms with Gasteiger partial charge in [-0.05, 0) is 24.5 Å². The fraction of sp³-hybridized carbons (Fsp3) is 0.300. The number of amides is 1. The number of carbonyl (C=O) groups is 1. The highest BCUT2D eigenvalue weighted by Gasteiger charge is 2.25. The van der Waals surface area contributed by atoms with Gasteiger partial charge in [-0.25, -0.2) is 0 Å². The van der Waals surface area contributed by atoms with Gasteiger partial charge in [-0.2, -0.15) is 0 Å². The molecule has 1 N–H and O–H groups in total. The molecule has 0 bridgehead atoms. The molecule has 124 valence electrons. The van der Waals surface area contributed by atoms with E-state index in [0.717, 1.165) is 37.8 Å². The zero-order valence-corrected chi connectivity index (χ0v) is 13.6. The van der Waals surface area contributed by atoms with Gasteiger partial charge in [-0.3, -0.25) is 9.78 Å². The summed E-state index contributed by atoms with van der Waals surface area (Å²) in [7, 11) is 0. The fourth-order valence-electron chi connectivity index (χ4n) is 3.08. The smallest absolute Gasteiger partial charge is 0.256 e. The Labute approximate surface area is 142 Å². The molecule has 4 heteroatoms. The summed E-state index contributed by atoms with van der Waals surface area (Å²) in [5.74, 6) is -0.0462. The number of nitrogens with zero attached hydrogens (tertiary/aromatic N) is 2. The maximum Gasteiger partial charge on any atom is 0.256 e. The third-order valence-corrected chi connectivity index (χ3v) is 4.34. The van der Waals surface area contributed by atoms with Gasteiger partial charge >= 0.3 is 0 Å². The van der Waals surface area contributed by atoms with Crippen LogP contribution in [0.25, 0.3) is 6.08 Å². The minimum Gasteiger partial charge on any atom is -0.506 e. The normalized spacial score (nSPS) is 18.5. The first-order valence-corrected chi connectivity index (χ1v) is 8.42. The van der Waals surface area contributed by atoms with Crippen LogP contribution >= 0.6 is 0 Å². The second kappa shape index (κ2) is 7.77. The van der Waals surface area contributed by atoms with Crippen LogP contribution in [-0.2, 0) is 0 Å². The van der Waals surface area contributed by atoms with Gasteiger partial charge in [0, 0.05) is 12.7 Å². The van der Waals surface area contributed by atoms with Crippen LogP contribution in [0.15, 0.2) is 54.9 Å². The molecular formula is C20H22N2O2. The molecular weight excluding hydrogens is 300 g/mol. The average Bonchev–Trinajstić information content (AvgIpc) is 2.85. The first-order valence-electron chi connectivity index (χ1n) is 8.42. The number of aromatic hydroxyl groups is 1. The van der Waals surface area contributed by atoms with Crippen LogP contribution in [0.3, 0.4) is 0 Å². The minimum atomic E-state index is -0.0667. The molecule has 0 spiro atoms. The topological polar surface area (TPSA) is 53.4 Å². The monoisotopic (exact) mass is 322 g/mol. The van der Waals surface area contributed by atoms with Crippen LogP contribution in [0.5, 0.6) is 5.75 Å². The van der Waals surface area contributed by atoms with Crippen molar-refractivity contribution in [3.63, 3.8) is 0 Å². The van der Waals surface area contributed by atoms with Gasteiger partial charge in [-0.1, -0.05) is 55.3 Å². The summed E-state index contributed by atoms with van der Waals surface area (Å²) in [5, 5.41) is 9.59. The number of likely N-dealkylation sites (tertiary alicyclic amines) is 1. The lowest BCUT2D eigenvalue weighted by Gasteiger charge is -2.28. The highest BCUT2D eigenvalue weighted by Crippen LogP contribution is 2.22. The molecule has 0 saturated carbocycles. The van der Waals surface area contributed by atoms with Crippen molar-refractivity contribution in [3.8, 4) is 5.75 Å². The Morgan fingerprint density at radius 3 is 2.79 bits per heavy atom. The Morgan fingerprint density at radius 1 is 1.17 bits per heavy atom. The molecule has 1 aliphatic rings. The van der Waals surface area contributed by atoms with Crippen molar-refractivity contribution in [2.24, 2.45) is 0 Å². The van der Waals surface area contributed by atoms with Gasteiger partial charge in [0.05, 0.1) is 17.8 Å². The van der Waals surface area contributed by atoms with Gasteiger partial charge in [0.15, 0.2) is 0 Å². The van der Waals surface area contributed by atoms with Crippen molar-refractivity contribution in [1.29, 1.82) is 0 Å². The molecule has 1 aromatic carbocycles. The predicted octanol–water partition coefficient (Wildman–Crippen LogP) is 3.89. The Hall–Kier alpha value is -2.62. The van der Waals surface area contributed by atoms with E-state index < -0.39 is 0 Å². The van der Waals surface area contributed by atoms with E-state index in [1.165, 1.54) is 18.5 Å². The molecule has 1 amide bonds. The molecule has 2 aromatic rings. The number of benzene rings is 1. The Balaban J connectivity index is 1.82. The molecule has 2 heterocycles. The van der Waals surface area contributed by atoms with E-state index in [2.05, 4.69) is 29.3 Å². The second-order valence-electron chi connectivity index (χ2n) is 6.12. The van der Waals surface area contributed by atoms with Gasteiger partial charge in [0.2, 0.25) is 0 Å². The van der Waals surface area contributed by atoms with E-state index in [4.69, 9.17) is 0 Å². The highest BCUT2D eigenvalue weighted by molar-refractivity contribution is 5.94. The molecule has 1 aromatic heterocycles. The first kappa shape index (κ1) is 16.2. The van der Waals surface area contributed by atoms with Gasteiger partial charge < -0.3 is 10.0 Å². The lowest BCUT2D eigenvalue weighted by Crippen LogP contribution is -2.39. The van der Waals surface area contributed by atoms with Crippen molar-refractivity contribution in [2.45, 2.75) is 31.7 Å². The number of carbonyl (C=O) groups excluding carboxylic acids is 1. The molecule has 3 rings (SSSR count). The Bertz CT molecular complexity index is 713. The van der Waals surface area contributed by atoms with E-state index >= 15 is 0 Å². The number of hydrogen-bond acceptors (Lipinski definition) is 3. The lowest BCUT2D eigenvalue weighted by molar-refractivity contribution is 0.0717. The van der Waals surface area contributed by atoms with Crippen LogP contribution in [0.4, 0.5) is 0 Å². The predicted molar refractivity (Wildman–Crippen MR) is 94.7 cm³/mol. The van der Waals surface area contributed by atoms with Gasteiger partial charge in [0.1, 0.15) is 5.75 Å². The largest absolute Gasteiger partial charge is 0.506 e. The van der Waals surface area contributed by atoms with Crippen molar-refractivity contribution in [3.05, 3.63) is 66.0 Å². The lowest BCUT2D eigenvalue weighted by atomic mass is 10.1. The van der Waals surface area contributed by atoms with E-state index in [9.17, 15) is 9.90 Å². The minimum absolute atomic E-state index is 0.0204. The molecule has 1 aliphatic heterocycles. The van der Waals surface area contributed by atoms with Gasteiger partial charge in [0.25, 0.3) is 5.91 Å². The van der Waals surface area contributed by atoms with Crippen LogP contribution in [0.2, 0.25) is 0 Å². The quantitative estimate of drug-likeness (QED) is 0.933. The molecule has 1 atom stereocenters. The SMILES string of the molecule is O=C(c1cncc(O)c1)N1CCCCCC1/C=C/c1ccccc1. The fourth-order valence-corrected chi connectivity index (χ4v) is 3.08. The van der Waals surface area contributed by atoms with Crippen molar-refractivity contribution >= 4 is 12.0 Å². The molecule has 0 radical (unpaired) electrons. The van der Waals surface area contributed by atoms with Crippen LogP contribution in [0.1, 0.15) is 41.6 Å². The van der Waals surface area contributed by atoms with Crippen LogP contribution in [0, 0.1) is 0 Å².